The van der Waals surface area contributed by atoms with Crippen LogP contribution in [0.1, 0.15) is 32.1 Å². The number of nitrogens with zero attached hydrogens (tertiary/aromatic N) is 1. The van der Waals surface area contributed by atoms with Crippen LogP contribution in [0.25, 0.3) is 0 Å². The standard InChI is InChI=1S/C14H24N2O2.ClH/c1-16(14(10-2-3-10)11-4-5-11)13(17)8-12-9-18-7-6-15-12;/h10-12,14-15H,2-9H2,1H3;1H. The summed E-state index contributed by atoms with van der Waals surface area (Å²) in [6.07, 6.45) is 5.88. The van der Waals surface area contributed by atoms with Crippen LogP contribution in [0.4, 0.5) is 0 Å². The lowest BCUT2D eigenvalue weighted by atomic mass is 10.0. The molecule has 0 bridgehead atoms. The maximum absolute atomic E-state index is 12.3. The Hall–Kier alpha value is -0.320. The molecular weight excluding hydrogens is 264 g/mol. The van der Waals surface area contributed by atoms with Crippen LogP contribution in [0.2, 0.25) is 0 Å². The van der Waals surface area contributed by atoms with Crippen LogP contribution in [0.5, 0.6) is 0 Å². The Bertz CT molecular complexity index is 301. The molecule has 4 nitrogen and oxygen atoms in total. The lowest BCUT2D eigenvalue weighted by molar-refractivity contribution is -0.134. The van der Waals surface area contributed by atoms with E-state index < -0.39 is 0 Å². The van der Waals surface area contributed by atoms with Gasteiger partial charge in [0.25, 0.3) is 0 Å². The van der Waals surface area contributed by atoms with Gasteiger partial charge in [-0.25, -0.2) is 0 Å². The van der Waals surface area contributed by atoms with Crippen LogP contribution in [-0.4, -0.2) is 49.7 Å². The molecule has 1 unspecified atom stereocenters. The fourth-order valence-corrected chi connectivity index (χ4v) is 3.16. The molecule has 0 radical (unpaired) electrons. The van der Waals surface area contributed by atoms with E-state index in [1.54, 1.807) is 0 Å². The summed E-state index contributed by atoms with van der Waals surface area (Å²) in [6.45, 7) is 2.32. The van der Waals surface area contributed by atoms with Gasteiger partial charge in [0.2, 0.25) is 5.91 Å². The molecule has 2 saturated carbocycles. The predicted octanol–water partition coefficient (Wildman–Crippen LogP) is 1.43. The average Bonchev–Trinajstić information content (AvgIpc) is 3.25. The van der Waals surface area contributed by atoms with Gasteiger partial charge in [-0.2, -0.15) is 0 Å². The van der Waals surface area contributed by atoms with Crippen LogP contribution >= 0.6 is 12.4 Å². The second-order valence-electron chi connectivity index (χ2n) is 6.10. The summed E-state index contributed by atoms with van der Waals surface area (Å²) >= 11 is 0. The molecule has 0 aromatic rings. The minimum atomic E-state index is 0. The molecule has 110 valence electrons. The lowest BCUT2D eigenvalue weighted by Crippen LogP contribution is -2.47. The highest BCUT2D eigenvalue weighted by Crippen LogP contribution is 2.46. The summed E-state index contributed by atoms with van der Waals surface area (Å²) in [6, 6.07) is 0.745. The number of hydrogen-bond donors (Lipinski definition) is 1. The van der Waals surface area contributed by atoms with Crippen LogP contribution in [-0.2, 0) is 9.53 Å². The predicted molar refractivity (Wildman–Crippen MR) is 76.5 cm³/mol. The first-order valence-corrected chi connectivity index (χ1v) is 7.32. The molecular formula is C14H25ClN2O2. The normalized spacial score (nSPS) is 26.9. The summed E-state index contributed by atoms with van der Waals surface area (Å²) in [5.74, 6) is 1.88. The number of carbonyl (C=O) groups is 1. The number of nitrogens with one attached hydrogen (secondary N) is 1. The van der Waals surface area contributed by atoms with Crippen LogP contribution in [0, 0.1) is 11.8 Å². The number of rotatable bonds is 5. The van der Waals surface area contributed by atoms with Crippen LogP contribution < -0.4 is 5.32 Å². The van der Waals surface area contributed by atoms with Crippen molar-refractivity contribution < 1.29 is 9.53 Å². The number of carbonyl (C=O) groups excluding carboxylic acids is 1. The van der Waals surface area contributed by atoms with Crippen molar-refractivity contribution in [1.29, 1.82) is 0 Å². The summed E-state index contributed by atoms with van der Waals surface area (Å²) in [7, 11) is 2.01. The molecule has 3 fully saturated rings. The fourth-order valence-electron chi connectivity index (χ4n) is 3.16. The molecule has 1 saturated heterocycles. The van der Waals surface area contributed by atoms with Crippen molar-refractivity contribution in [1.82, 2.24) is 10.2 Å². The topological polar surface area (TPSA) is 41.6 Å². The third kappa shape index (κ3) is 3.83. The molecule has 0 aromatic carbocycles. The van der Waals surface area contributed by atoms with Gasteiger partial charge in [-0.1, -0.05) is 0 Å². The first-order chi connectivity index (χ1) is 8.75. The van der Waals surface area contributed by atoms with Crippen molar-refractivity contribution in [3.63, 3.8) is 0 Å². The molecule has 3 aliphatic rings. The number of amides is 1. The number of hydrogen-bond acceptors (Lipinski definition) is 3. The van der Waals surface area contributed by atoms with Gasteiger partial charge in [-0.15, -0.1) is 12.4 Å². The zero-order valence-electron chi connectivity index (χ0n) is 11.6. The van der Waals surface area contributed by atoms with E-state index in [9.17, 15) is 4.79 Å². The Morgan fingerprint density at radius 3 is 2.42 bits per heavy atom. The summed E-state index contributed by atoms with van der Waals surface area (Å²) in [4.78, 5) is 14.4. The Labute approximate surface area is 121 Å². The third-order valence-electron chi connectivity index (χ3n) is 4.47. The molecule has 2 aliphatic carbocycles. The van der Waals surface area contributed by atoms with Gasteiger partial charge in [0.15, 0.2) is 0 Å². The minimum Gasteiger partial charge on any atom is -0.378 e. The van der Waals surface area contributed by atoms with Crippen LogP contribution in [0.15, 0.2) is 0 Å². The Kier molecular flexibility index (Phi) is 5.09. The van der Waals surface area contributed by atoms with Crippen molar-refractivity contribution in [2.24, 2.45) is 11.8 Å². The first-order valence-electron chi connectivity index (χ1n) is 7.32. The Morgan fingerprint density at radius 1 is 1.32 bits per heavy atom. The van der Waals surface area contributed by atoms with Gasteiger partial charge in [-0.05, 0) is 37.5 Å². The van der Waals surface area contributed by atoms with Crippen molar-refractivity contribution in [2.75, 3.05) is 26.8 Å². The van der Waals surface area contributed by atoms with Gasteiger partial charge in [-0.3, -0.25) is 4.79 Å². The van der Waals surface area contributed by atoms with Gasteiger partial charge >= 0.3 is 0 Å². The molecule has 1 heterocycles. The highest BCUT2D eigenvalue weighted by molar-refractivity contribution is 5.85. The Morgan fingerprint density at radius 2 is 1.95 bits per heavy atom. The lowest BCUT2D eigenvalue weighted by Gasteiger charge is -2.31. The molecule has 1 atom stereocenters. The maximum atomic E-state index is 12.3. The number of halogens is 1. The van der Waals surface area contributed by atoms with E-state index in [0.717, 1.165) is 25.0 Å². The number of ether oxygens (including phenoxy) is 1. The van der Waals surface area contributed by atoms with Gasteiger partial charge in [0, 0.05) is 32.1 Å². The summed E-state index contributed by atoms with van der Waals surface area (Å²) in [5, 5.41) is 3.36. The zero-order valence-corrected chi connectivity index (χ0v) is 12.5. The fraction of sp³-hybridized carbons (Fsp3) is 0.929. The third-order valence-corrected chi connectivity index (χ3v) is 4.47. The summed E-state index contributed by atoms with van der Waals surface area (Å²) < 4.78 is 5.41. The Balaban J connectivity index is 0.00000133. The quantitative estimate of drug-likeness (QED) is 0.832. The van der Waals surface area contributed by atoms with E-state index >= 15 is 0 Å². The molecule has 0 aromatic heterocycles. The molecule has 0 spiro atoms. The van der Waals surface area contributed by atoms with Gasteiger partial charge in [0.1, 0.15) is 0 Å². The van der Waals surface area contributed by atoms with Crippen molar-refractivity contribution in [3.8, 4) is 0 Å². The zero-order chi connectivity index (χ0) is 12.5. The second kappa shape index (κ2) is 6.42. The van der Waals surface area contributed by atoms with E-state index in [4.69, 9.17) is 4.74 Å². The molecule has 3 rings (SSSR count). The average molecular weight is 289 g/mol. The monoisotopic (exact) mass is 288 g/mol. The summed E-state index contributed by atoms with van der Waals surface area (Å²) in [5.41, 5.74) is 0. The minimum absolute atomic E-state index is 0. The second-order valence-corrected chi connectivity index (χ2v) is 6.10. The van der Waals surface area contributed by atoms with E-state index in [2.05, 4.69) is 5.32 Å². The number of morpholine rings is 1. The molecule has 1 N–H and O–H groups in total. The highest BCUT2D eigenvalue weighted by atomic mass is 35.5. The smallest absolute Gasteiger partial charge is 0.224 e. The van der Waals surface area contributed by atoms with E-state index in [0.29, 0.717) is 25.0 Å². The highest BCUT2D eigenvalue weighted by Gasteiger charge is 2.44. The van der Waals surface area contributed by atoms with E-state index in [-0.39, 0.29) is 18.4 Å². The molecule has 19 heavy (non-hydrogen) atoms. The van der Waals surface area contributed by atoms with Crippen molar-refractivity contribution in [2.45, 2.75) is 44.2 Å². The van der Waals surface area contributed by atoms with Crippen molar-refractivity contribution >= 4 is 18.3 Å². The van der Waals surface area contributed by atoms with Crippen LogP contribution in [0.3, 0.4) is 0 Å². The largest absolute Gasteiger partial charge is 0.378 e. The molecule has 5 heteroatoms. The SMILES string of the molecule is CN(C(=O)CC1COCCN1)C(C1CC1)C1CC1.Cl. The van der Waals surface area contributed by atoms with Gasteiger partial charge < -0.3 is 15.0 Å². The molecule has 1 aliphatic heterocycles. The van der Waals surface area contributed by atoms with E-state index in [1.807, 2.05) is 11.9 Å². The molecule has 1 amide bonds. The van der Waals surface area contributed by atoms with Crippen molar-refractivity contribution in [3.05, 3.63) is 0 Å². The van der Waals surface area contributed by atoms with Gasteiger partial charge in [0.05, 0.1) is 13.2 Å². The first kappa shape index (κ1) is 15.1. The maximum Gasteiger partial charge on any atom is 0.224 e. The van der Waals surface area contributed by atoms with E-state index in [1.165, 1.54) is 25.7 Å².